The van der Waals surface area contributed by atoms with Crippen molar-refractivity contribution in [3.05, 3.63) is 48.0 Å². The van der Waals surface area contributed by atoms with Crippen molar-refractivity contribution in [3.8, 4) is 0 Å². The number of benzene rings is 1. The normalized spacial score (nSPS) is 25.3. The third kappa shape index (κ3) is 4.18. The van der Waals surface area contributed by atoms with Gasteiger partial charge in [-0.1, -0.05) is 30.3 Å². The maximum absolute atomic E-state index is 4.43. The Hall–Kier alpha value is -1.81. The number of aryl methyl sites for hydroxylation is 1. The molecule has 0 bridgehead atoms. The van der Waals surface area contributed by atoms with Gasteiger partial charge in [-0.3, -0.25) is 9.89 Å². The number of guanidine groups is 1. The zero-order valence-electron chi connectivity index (χ0n) is 15.0. The predicted octanol–water partition coefficient (Wildman–Crippen LogP) is 2.67. The Morgan fingerprint density at radius 2 is 2.04 bits per heavy atom. The molecular formula is C20H30N4. The smallest absolute Gasteiger partial charge is 0.191 e. The Bertz CT molecular complexity index is 587. The molecule has 1 saturated carbocycles. The van der Waals surface area contributed by atoms with Crippen LogP contribution in [0.1, 0.15) is 36.3 Å². The van der Waals surface area contributed by atoms with Crippen molar-refractivity contribution in [2.45, 2.75) is 44.2 Å². The van der Waals surface area contributed by atoms with Crippen molar-refractivity contribution in [2.24, 2.45) is 4.99 Å². The van der Waals surface area contributed by atoms with Crippen LogP contribution in [0.5, 0.6) is 0 Å². The molecule has 1 aromatic rings. The summed E-state index contributed by atoms with van der Waals surface area (Å²) in [4.78, 5) is 6.89. The van der Waals surface area contributed by atoms with Crippen LogP contribution < -0.4 is 10.6 Å². The quantitative estimate of drug-likeness (QED) is 0.496. The summed E-state index contributed by atoms with van der Waals surface area (Å²) in [5.41, 5.74) is 2.87. The first-order chi connectivity index (χ1) is 11.7. The molecule has 0 aromatic heterocycles. The van der Waals surface area contributed by atoms with E-state index >= 15 is 0 Å². The van der Waals surface area contributed by atoms with E-state index in [1.807, 2.05) is 13.1 Å². The first kappa shape index (κ1) is 17.0. The molecule has 0 radical (unpaired) electrons. The maximum Gasteiger partial charge on any atom is 0.191 e. The zero-order chi connectivity index (χ0) is 16.9. The van der Waals surface area contributed by atoms with E-state index in [-0.39, 0.29) is 0 Å². The van der Waals surface area contributed by atoms with Crippen LogP contribution in [0.3, 0.4) is 0 Å². The molecule has 4 nitrogen and oxygen atoms in total. The molecule has 1 aliphatic carbocycles. The summed E-state index contributed by atoms with van der Waals surface area (Å²) in [6.07, 6.45) is 5.53. The van der Waals surface area contributed by atoms with Gasteiger partial charge in [-0.05, 0) is 37.3 Å². The molecule has 2 aliphatic rings. The van der Waals surface area contributed by atoms with Gasteiger partial charge in [-0.2, -0.15) is 0 Å². The lowest BCUT2D eigenvalue weighted by atomic mass is 10.0. The fourth-order valence-corrected chi connectivity index (χ4v) is 3.68. The summed E-state index contributed by atoms with van der Waals surface area (Å²) in [7, 11) is 1.87. The van der Waals surface area contributed by atoms with Gasteiger partial charge in [0.1, 0.15) is 0 Å². The zero-order valence-corrected chi connectivity index (χ0v) is 15.0. The summed E-state index contributed by atoms with van der Waals surface area (Å²) in [6.45, 7) is 9.30. The topological polar surface area (TPSA) is 39.7 Å². The molecule has 2 N–H and O–H groups in total. The highest BCUT2D eigenvalue weighted by molar-refractivity contribution is 5.80. The Kier molecular flexibility index (Phi) is 5.56. The van der Waals surface area contributed by atoms with Crippen LogP contribution in [0.2, 0.25) is 0 Å². The van der Waals surface area contributed by atoms with Gasteiger partial charge in [0.15, 0.2) is 5.96 Å². The van der Waals surface area contributed by atoms with Crippen LogP contribution in [-0.2, 0) is 0 Å². The van der Waals surface area contributed by atoms with Gasteiger partial charge in [0.2, 0.25) is 0 Å². The van der Waals surface area contributed by atoms with Gasteiger partial charge < -0.3 is 10.6 Å². The van der Waals surface area contributed by atoms with Gasteiger partial charge in [-0.25, -0.2) is 0 Å². The van der Waals surface area contributed by atoms with E-state index in [0.717, 1.165) is 25.6 Å². The number of nitrogens with zero attached hydrogens (tertiary/aromatic N) is 2. The first-order valence-corrected chi connectivity index (χ1v) is 9.10. The number of hydrogen-bond donors (Lipinski definition) is 2. The Morgan fingerprint density at radius 1 is 1.29 bits per heavy atom. The van der Waals surface area contributed by atoms with Crippen molar-refractivity contribution in [1.29, 1.82) is 0 Å². The van der Waals surface area contributed by atoms with E-state index in [4.69, 9.17) is 0 Å². The van der Waals surface area contributed by atoms with Gasteiger partial charge in [0.05, 0.1) is 0 Å². The van der Waals surface area contributed by atoms with Gasteiger partial charge in [0.25, 0.3) is 0 Å². The van der Waals surface area contributed by atoms with Crippen molar-refractivity contribution in [2.75, 3.05) is 26.7 Å². The Balaban J connectivity index is 1.47. The second kappa shape index (κ2) is 7.84. The standard InChI is InChI=1S/C20H30N4/c1-4-11-24-12-9-16(10-13-24)22-20(21-3)23-19-14-18(19)17-8-6-5-7-15(17)2/h4-8,16,18-19H,1,9-14H2,2-3H3,(H2,21,22,23). The Morgan fingerprint density at radius 3 is 2.71 bits per heavy atom. The third-order valence-electron chi connectivity index (χ3n) is 5.24. The van der Waals surface area contributed by atoms with E-state index in [0.29, 0.717) is 18.0 Å². The van der Waals surface area contributed by atoms with Crippen LogP contribution in [-0.4, -0.2) is 49.6 Å². The Labute approximate surface area is 146 Å². The molecule has 1 saturated heterocycles. The SMILES string of the molecule is C=CCN1CCC(NC(=NC)NC2CC2c2ccccc2C)CC1. The monoisotopic (exact) mass is 326 g/mol. The van der Waals surface area contributed by atoms with Crippen LogP contribution >= 0.6 is 0 Å². The van der Waals surface area contributed by atoms with Gasteiger partial charge >= 0.3 is 0 Å². The second-order valence-electron chi connectivity index (χ2n) is 7.03. The molecule has 3 rings (SSSR count). The number of piperidine rings is 1. The van der Waals surface area contributed by atoms with E-state index < -0.39 is 0 Å². The van der Waals surface area contributed by atoms with E-state index in [1.54, 1.807) is 0 Å². The lowest BCUT2D eigenvalue weighted by molar-refractivity contribution is 0.225. The van der Waals surface area contributed by atoms with Crippen LogP contribution in [0.4, 0.5) is 0 Å². The van der Waals surface area contributed by atoms with Crippen LogP contribution in [0.25, 0.3) is 0 Å². The minimum absolute atomic E-state index is 0.512. The second-order valence-corrected chi connectivity index (χ2v) is 7.03. The van der Waals surface area contributed by atoms with E-state index in [2.05, 4.69) is 58.3 Å². The van der Waals surface area contributed by atoms with Crippen LogP contribution in [0, 0.1) is 6.92 Å². The minimum Gasteiger partial charge on any atom is -0.354 e. The molecule has 130 valence electrons. The lowest BCUT2D eigenvalue weighted by Crippen LogP contribution is -2.49. The molecule has 1 aliphatic heterocycles. The predicted molar refractivity (Wildman–Crippen MR) is 102 cm³/mol. The van der Waals surface area contributed by atoms with E-state index in [9.17, 15) is 0 Å². The van der Waals surface area contributed by atoms with Crippen molar-refractivity contribution in [3.63, 3.8) is 0 Å². The molecule has 0 amide bonds. The summed E-state index contributed by atoms with van der Waals surface area (Å²) in [5, 5.41) is 7.22. The van der Waals surface area contributed by atoms with E-state index in [1.165, 1.54) is 30.4 Å². The average Bonchev–Trinajstić information content (AvgIpc) is 3.35. The molecule has 1 aromatic carbocycles. The summed E-state index contributed by atoms with van der Waals surface area (Å²) < 4.78 is 0. The third-order valence-corrected chi connectivity index (χ3v) is 5.24. The number of nitrogens with one attached hydrogen (secondary N) is 2. The van der Waals surface area contributed by atoms with Crippen LogP contribution in [0.15, 0.2) is 41.9 Å². The molecule has 1 heterocycles. The highest BCUT2D eigenvalue weighted by Gasteiger charge is 2.39. The largest absolute Gasteiger partial charge is 0.354 e. The summed E-state index contributed by atoms with van der Waals surface area (Å²) >= 11 is 0. The lowest BCUT2D eigenvalue weighted by Gasteiger charge is -2.32. The first-order valence-electron chi connectivity index (χ1n) is 9.10. The minimum atomic E-state index is 0.512. The molecule has 4 heteroatoms. The fourth-order valence-electron chi connectivity index (χ4n) is 3.68. The summed E-state index contributed by atoms with van der Waals surface area (Å²) in [5.74, 6) is 1.58. The molecule has 24 heavy (non-hydrogen) atoms. The fraction of sp³-hybridized carbons (Fsp3) is 0.550. The molecule has 0 spiro atoms. The maximum atomic E-state index is 4.43. The van der Waals surface area contributed by atoms with Crippen molar-refractivity contribution in [1.82, 2.24) is 15.5 Å². The average molecular weight is 326 g/mol. The number of rotatable bonds is 5. The van der Waals surface area contributed by atoms with Gasteiger partial charge in [0, 0.05) is 44.7 Å². The summed E-state index contributed by atoms with van der Waals surface area (Å²) in [6, 6.07) is 9.75. The van der Waals surface area contributed by atoms with Crippen molar-refractivity contribution < 1.29 is 0 Å². The highest BCUT2D eigenvalue weighted by atomic mass is 15.2. The number of aliphatic imine (C=N–C) groups is 1. The molecular weight excluding hydrogens is 296 g/mol. The molecule has 2 unspecified atom stereocenters. The molecule has 2 atom stereocenters. The number of hydrogen-bond acceptors (Lipinski definition) is 2. The van der Waals surface area contributed by atoms with Gasteiger partial charge in [-0.15, -0.1) is 6.58 Å². The highest BCUT2D eigenvalue weighted by Crippen LogP contribution is 2.42. The van der Waals surface area contributed by atoms with Crippen molar-refractivity contribution >= 4 is 5.96 Å². The number of likely N-dealkylation sites (tertiary alicyclic amines) is 1. The molecule has 2 fully saturated rings.